The van der Waals surface area contributed by atoms with Crippen LogP contribution in [0.5, 0.6) is 0 Å². The van der Waals surface area contributed by atoms with E-state index in [1.165, 1.54) is 11.1 Å². The van der Waals surface area contributed by atoms with E-state index in [9.17, 15) is 4.79 Å². The normalized spacial score (nSPS) is 19.5. The van der Waals surface area contributed by atoms with Crippen molar-refractivity contribution in [1.29, 1.82) is 0 Å². The zero-order chi connectivity index (χ0) is 20.6. The second-order valence-corrected chi connectivity index (χ2v) is 7.88. The molecule has 2 fully saturated rings. The Kier molecular flexibility index (Phi) is 7.89. The van der Waals surface area contributed by atoms with Crippen molar-refractivity contribution in [2.75, 3.05) is 53.4 Å². The number of carbonyl (C=O) groups excluding carboxylic acids is 1. The first-order chi connectivity index (χ1) is 14.1. The molecule has 1 amide bonds. The zero-order valence-electron chi connectivity index (χ0n) is 18.1. The second kappa shape index (κ2) is 10.6. The first-order valence-electron chi connectivity index (χ1n) is 10.7. The minimum Gasteiger partial charge on any atom is -0.380 e. The minimum absolute atomic E-state index is 0.0316. The van der Waals surface area contributed by atoms with Gasteiger partial charge in [0, 0.05) is 60.0 Å². The van der Waals surface area contributed by atoms with Crippen molar-refractivity contribution in [2.24, 2.45) is 4.99 Å². The van der Waals surface area contributed by atoms with E-state index in [4.69, 9.17) is 4.74 Å². The van der Waals surface area contributed by atoms with Crippen molar-refractivity contribution < 1.29 is 9.53 Å². The molecule has 1 unspecified atom stereocenters. The van der Waals surface area contributed by atoms with E-state index in [1.807, 2.05) is 11.9 Å². The van der Waals surface area contributed by atoms with Gasteiger partial charge < -0.3 is 19.9 Å². The molecule has 0 spiro atoms. The minimum atomic E-state index is -0.0316. The van der Waals surface area contributed by atoms with Crippen LogP contribution >= 0.6 is 0 Å². The Morgan fingerprint density at radius 3 is 2.24 bits per heavy atom. The van der Waals surface area contributed by atoms with E-state index in [0.717, 1.165) is 64.6 Å². The third kappa shape index (κ3) is 5.70. The van der Waals surface area contributed by atoms with E-state index in [0.29, 0.717) is 6.61 Å². The van der Waals surface area contributed by atoms with Crippen molar-refractivity contribution in [1.82, 2.24) is 20.0 Å². The molecule has 2 saturated heterocycles. The van der Waals surface area contributed by atoms with Crippen LogP contribution in [0.2, 0.25) is 0 Å². The largest absolute Gasteiger partial charge is 0.380 e. The van der Waals surface area contributed by atoms with Crippen LogP contribution < -0.4 is 5.32 Å². The molecule has 0 aromatic heterocycles. The molecule has 1 N–H and O–H groups in total. The Labute approximate surface area is 174 Å². The molecule has 2 aliphatic heterocycles. The summed E-state index contributed by atoms with van der Waals surface area (Å²) in [6.07, 6.45) is 2.28. The maximum Gasteiger partial charge on any atom is 0.239 e. The summed E-state index contributed by atoms with van der Waals surface area (Å²) in [4.78, 5) is 23.7. The lowest BCUT2D eigenvalue weighted by molar-refractivity contribution is -0.135. The van der Waals surface area contributed by atoms with Gasteiger partial charge in [0.1, 0.15) is 0 Å². The summed E-state index contributed by atoms with van der Waals surface area (Å²) in [5, 5.41) is 3.47. The number of ether oxygens (including phenoxy) is 1. The van der Waals surface area contributed by atoms with Crippen LogP contribution in [-0.4, -0.2) is 86.0 Å². The summed E-state index contributed by atoms with van der Waals surface area (Å²) >= 11 is 0. The number of piperazine rings is 1. The highest BCUT2D eigenvalue weighted by atomic mass is 16.5. The summed E-state index contributed by atoms with van der Waals surface area (Å²) in [7, 11) is 3.54. The molecular formula is C22H35N5O2. The van der Waals surface area contributed by atoms with Gasteiger partial charge in [-0.15, -0.1) is 0 Å². The third-order valence-corrected chi connectivity index (χ3v) is 5.93. The number of amides is 1. The van der Waals surface area contributed by atoms with Crippen LogP contribution in [0.25, 0.3) is 0 Å². The molecular weight excluding hydrogens is 366 g/mol. The van der Waals surface area contributed by atoms with Crippen LogP contribution in [0, 0.1) is 0 Å². The Morgan fingerprint density at radius 1 is 1.03 bits per heavy atom. The number of carbonyl (C=O) groups is 1. The van der Waals surface area contributed by atoms with E-state index in [-0.39, 0.29) is 11.9 Å². The predicted molar refractivity (Wildman–Crippen MR) is 116 cm³/mol. The molecule has 0 bridgehead atoms. The number of nitrogens with zero attached hydrogens (tertiary/aromatic N) is 4. The van der Waals surface area contributed by atoms with Gasteiger partial charge in [-0.25, -0.2) is 0 Å². The van der Waals surface area contributed by atoms with E-state index >= 15 is 0 Å². The van der Waals surface area contributed by atoms with Gasteiger partial charge in [-0.1, -0.05) is 24.3 Å². The van der Waals surface area contributed by atoms with E-state index in [2.05, 4.69) is 51.3 Å². The summed E-state index contributed by atoms with van der Waals surface area (Å²) in [6, 6.07) is 8.41. The van der Waals surface area contributed by atoms with Crippen molar-refractivity contribution in [3.63, 3.8) is 0 Å². The first kappa shape index (κ1) is 21.6. The summed E-state index contributed by atoms with van der Waals surface area (Å²) in [5.41, 5.74) is 2.39. The zero-order valence-corrected chi connectivity index (χ0v) is 18.1. The Balaban J connectivity index is 1.46. The fourth-order valence-electron chi connectivity index (χ4n) is 4.11. The quantitative estimate of drug-likeness (QED) is 0.579. The molecule has 1 atom stereocenters. The van der Waals surface area contributed by atoms with Crippen molar-refractivity contribution in [3.8, 4) is 0 Å². The average Bonchev–Trinajstić information content (AvgIpc) is 3.30. The highest BCUT2D eigenvalue weighted by Gasteiger charge is 2.30. The smallest absolute Gasteiger partial charge is 0.239 e. The fourth-order valence-corrected chi connectivity index (χ4v) is 4.11. The van der Waals surface area contributed by atoms with Crippen molar-refractivity contribution in [3.05, 3.63) is 35.4 Å². The molecule has 1 aromatic carbocycles. The third-order valence-electron chi connectivity index (χ3n) is 5.93. The van der Waals surface area contributed by atoms with Crippen LogP contribution in [-0.2, 0) is 22.7 Å². The van der Waals surface area contributed by atoms with Gasteiger partial charge in [0.2, 0.25) is 5.91 Å². The van der Waals surface area contributed by atoms with Gasteiger partial charge in [-0.2, -0.15) is 0 Å². The molecule has 2 heterocycles. The Morgan fingerprint density at radius 2 is 1.66 bits per heavy atom. The standard InChI is InChI=1S/C22H35N5O2/c1-18(21(28)26-10-4-5-11-26)25-12-14-27(15-13-25)22(23-2)24-16-19-6-8-20(9-7-19)17-29-3/h6-9,18H,4-5,10-17H2,1-3H3,(H,23,24). The molecule has 29 heavy (non-hydrogen) atoms. The van der Waals surface area contributed by atoms with Gasteiger partial charge in [-0.3, -0.25) is 14.7 Å². The Bertz CT molecular complexity index is 677. The SMILES string of the molecule is CN=C(NCc1ccc(COC)cc1)N1CCN(C(C)C(=O)N2CCCC2)CC1. The Hall–Kier alpha value is -2.12. The summed E-state index contributed by atoms with van der Waals surface area (Å²) in [6.45, 7) is 8.80. The van der Waals surface area contributed by atoms with Gasteiger partial charge in [0.15, 0.2) is 5.96 Å². The number of rotatable bonds is 6. The number of likely N-dealkylation sites (tertiary alicyclic amines) is 1. The van der Waals surface area contributed by atoms with E-state index in [1.54, 1.807) is 7.11 Å². The van der Waals surface area contributed by atoms with Crippen molar-refractivity contribution >= 4 is 11.9 Å². The maximum atomic E-state index is 12.7. The van der Waals surface area contributed by atoms with Crippen LogP contribution in [0.15, 0.2) is 29.3 Å². The molecule has 0 saturated carbocycles. The van der Waals surface area contributed by atoms with Crippen molar-refractivity contribution in [2.45, 2.75) is 39.0 Å². The highest BCUT2D eigenvalue weighted by Crippen LogP contribution is 2.14. The molecule has 0 radical (unpaired) electrons. The molecule has 160 valence electrons. The van der Waals surface area contributed by atoms with Crippen LogP contribution in [0.4, 0.5) is 0 Å². The summed E-state index contributed by atoms with van der Waals surface area (Å²) < 4.78 is 5.16. The number of hydrogen-bond donors (Lipinski definition) is 1. The van der Waals surface area contributed by atoms with Gasteiger partial charge >= 0.3 is 0 Å². The van der Waals surface area contributed by atoms with Gasteiger partial charge in [-0.05, 0) is 30.9 Å². The lowest BCUT2D eigenvalue weighted by Crippen LogP contribution is -2.57. The van der Waals surface area contributed by atoms with E-state index < -0.39 is 0 Å². The first-order valence-corrected chi connectivity index (χ1v) is 10.7. The monoisotopic (exact) mass is 401 g/mol. The topological polar surface area (TPSA) is 60.4 Å². The van der Waals surface area contributed by atoms with Gasteiger partial charge in [0.05, 0.1) is 12.6 Å². The maximum absolute atomic E-state index is 12.7. The highest BCUT2D eigenvalue weighted by molar-refractivity contribution is 5.82. The molecule has 0 aliphatic carbocycles. The number of methoxy groups -OCH3 is 1. The molecule has 7 heteroatoms. The number of guanidine groups is 1. The van der Waals surface area contributed by atoms with Crippen LogP contribution in [0.3, 0.4) is 0 Å². The van der Waals surface area contributed by atoms with Gasteiger partial charge in [0.25, 0.3) is 0 Å². The molecule has 7 nitrogen and oxygen atoms in total. The number of hydrogen-bond acceptors (Lipinski definition) is 4. The predicted octanol–water partition coefficient (Wildman–Crippen LogP) is 1.54. The average molecular weight is 402 g/mol. The molecule has 3 rings (SSSR count). The summed E-state index contributed by atoms with van der Waals surface area (Å²) in [5.74, 6) is 1.21. The fraction of sp³-hybridized carbons (Fsp3) is 0.636. The molecule has 1 aromatic rings. The molecule has 2 aliphatic rings. The number of nitrogens with one attached hydrogen (secondary N) is 1. The lowest BCUT2D eigenvalue weighted by atomic mass is 10.1. The number of benzene rings is 1. The number of aliphatic imine (C=N–C) groups is 1. The second-order valence-electron chi connectivity index (χ2n) is 7.88. The van der Waals surface area contributed by atoms with Crippen LogP contribution in [0.1, 0.15) is 30.9 Å². The lowest BCUT2D eigenvalue weighted by Gasteiger charge is -2.39.